The number of hydrogen-bond acceptors (Lipinski definition) is 4. The van der Waals surface area contributed by atoms with Crippen LogP contribution >= 0.6 is 0 Å². The maximum absolute atomic E-state index is 12.1. The van der Waals surface area contributed by atoms with Crippen molar-refractivity contribution in [3.05, 3.63) is 11.6 Å². The van der Waals surface area contributed by atoms with Crippen LogP contribution in [-0.2, 0) is 11.3 Å². The number of aromatic nitrogens is 3. The number of likely N-dealkylation sites (N-methyl/N-ethyl adjacent to an activating group) is 1. The Labute approximate surface area is 102 Å². The van der Waals surface area contributed by atoms with Gasteiger partial charge in [-0.2, -0.15) is 5.10 Å². The van der Waals surface area contributed by atoms with Crippen LogP contribution in [0.4, 0.5) is 0 Å². The largest absolute Gasteiger partial charge is 0.337 e. The molecule has 0 aliphatic rings. The van der Waals surface area contributed by atoms with Gasteiger partial charge in [-0.05, 0) is 20.3 Å². The van der Waals surface area contributed by atoms with Gasteiger partial charge in [0.25, 0.3) is 0 Å². The molecule has 0 radical (unpaired) electrons. The summed E-state index contributed by atoms with van der Waals surface area (Å²) in [6.07, 6.45) is 1.55. The lowest BCUT2D eigenvalue weighted by atomic mass is 9.96. The van der Waals surface area contributed by atoms with Gasteiger partial charge in [0, 0.05) is 7.05 Å². The van der Waals surface area contributed by atoms with Crippen molar-refractivity contribution in [3.63, 3.8) is 0 Å². The molecule has 6 heteroatoms. The summed E-state index contributed by atoms with van der Waals surface area (Å²) >= 11 is 0. The van der Waals surface area contributed by atoms with Crippen LogP contribution in [0.25, 0.3) is 0 Å². The van der Waals surface area contributed by atoms with Crippen LogP contribution in [0.3, 0.4) is 0 Å². The Balaban J connectivity index is 2.64. The predicted molar refractivity (Wildman–Crippen MR) is 65.1 cm³/mol. The van der Waals surface area contributed by atoms with E-state index in [1.807, 2.05) is 13.8 Å². The summed E-state index contributed by atoms with van der Waals surface area (Å²) in [6, 6.07) is 0. The predicted octanol–water partition coefficient (Wildman–Crippen LogP) is 0.589. The molecule has 17 heavy (non-hydrogen) atoms. The number of amides is 1. The van der Waals surface area contributed by atoms with E-state index in [-0.39, 0.29) is 5.91 Å². The van der Waals surface area contributed by atoms with Crippen molar-refractivity contribution < 1.29 is 4.79 Å². The first-order valence-corrected chi connectivity index (χ1v) is 5.79. The number of rotatable bonds is 5. The van der Waals surface area contributed by atoms with Gasteiger partial charge < -0.3 is 10.6 Å². The van der Waals surface area contributed by atoms with Crippen LogP contribution in [-0.4, -0.2) is 38.6 Å². The van der Waals surface area contributed by atoms with Crippen LogP contribution < -0.4 is 5.73 Å². The van der Waals surface area contributed by atoms with Crippen LogP contribution in [0.1, 0.15) is 38.3 Å². The molecule has 0 aliphatic heterocycles. The highest BCUT2D eigenvalue weighted by Gasteiger charge is 2.30. The number of carbonyl (C=O) groups is 1. The minimum Gasteiger partial charge on any atom is -0.337 e. The monoisotopic (exact) mass is 239 g/mol. The molecule has 1 amide bonds. The Kier molecular flexibility index (Phi) is 4.22. The second-order valence-electron chi connectivity index (χ2n) is 4.67. The Morgan fingerprint density at radius 2 is 2.24 bits per heavy atom. The Hall–Kier alpha value is -1.43. The van der Waals surface area contributed by atoms with Gasteiger partial charge in [-0.3, -0.25) is 9.89 Å². The Bertz CT molecular complexity index is 385. The van der Waals surface area contributed by atoms with E-state index >= 15 is 0 Å². The molecule has 96 valence electrons. The zero-order chi connectivity index (χ0) is 13.1. The zero-order valence-corrected chi connectivity index (χ0v) is 10.9. The van der Waals surface area contributed by atoms with E-state index in [2.05, 4.69) is 15.2 Å². The summed E-state index contributed by atoms with van der Waals surface area (Å²) in [4.78, 5) is 17.8. The second kappa shape index (κ2) is 5.27. The molecule has 1 unspecified atom stereocenters. The zero-order valence-electron chi connectivity index (χ0n) is 10.9. The molecule has 1 aromatic rings. The molecule has 3 N–H and O–H groups in total. The molecule has 0 bridgehead atoms. The molecular weight excluding hydrogens is 218 g/mol. The van der Waals surface area contributed by atoms with E-state index in [0.717, 1.165) is 12.2 Å². The van der Waals surface area contributed by atoms with E-state index in [1.165, 1.54) is 0 Å². The lowest BCUT2D eigenvalue weighted by Crippen LogP contribution is -2.51. The summed E-state index contributed by atoms with van der Waals surface area (Å²) in [5, 5.41) is 6.74. The number of aromatic amines is 1. The fourth-order valence-electron chi connectivity index (χ4n) is 1.81. The lowest BCUT2D eigenvalue weighted by molar-refractivity contribution is -0.136. The van der Waals surface area contributed by atoms with Crippen LogP contribution in [0.2, 0.25) is 0 Å². The third-order valence-corrected chi connectivity index (χ3v) is 2.63. The third kappa shape index (κ3) is 3.52. The van der Waals surface area contributed by atoms with Gasteiger partial charge in [0.05, 0.1) is 12.1 Å². The number of nitrogens with zero attached hydrogens (tertiary/aromatic N) is 3. The molecule has 1 rings (SSSR count). The fourth-order valence-corrected chi connectivity index (χ4v) is 1.81. The summed E-state index contributed by atoms with van der Waals surface area (Å²) in [7, 11) is 1.72. The first-order valence-electron chi connectivity index (χ1n) is 5.79. The molecular formula is C11H21N5O. The number of nitrogens with two attached hydrogens (primary N) is 1. The van der Waals surface area contributed by atoms with Gasteiger partial charge >= 0.3 is 0 Å². The van der Waals surface area contributed by atoms with Crippen molar-refractivity contribution in [1.82, 2.24) is 20.1 Å². The van der Waals surface area contributed by atoms with Crippen LogP contribution in [0.15, 0.2) is 0 Å². The molecule has 6 nitrogen and oxygen atoms in total. The molecule has 0 spiro atoms. The van der Waals surface area contributed by atoms with Crippen molar-refractivity contribution in [3.8, 4) is 0 Å². The van der Waals surface area contributed by atoms with Crippen molar-refractivity contribution in [2.75, 3.05) is 7.05 Å². The first-order chi connectivity index (χ1) is 7.86. The van der Waals surface area contributed by atoms with E-state index in [1.54, 1.807) is 18.9 Å². The van der Waals surface area contributed by atoms with Crippen molar-refractivity contribution >= 4 is 5.91 Å². The van der Waals surface area contributed by atoms with Gasteiger partial charge in [0.2, 0.25) is 5.91 Å². The third-order valence-electron chi connectivity index (χ3n) is 2.63. The number of nitrogens with one attached hydrogen (secondary N) is 1. The Morgan fingerprint density at radius 3 is 2.71 bits per heavy atom. The lowest BCUT2D eigenvalue weighted by Gasteiger charge is -2.28. The van der Waals surface area contributed by atoms with Gasteiger partial charge in [0.15, 0.2) is 5.82 Å². The molecule has 1 heterocycles. The SMILES string of the molecule is CCCC(C)(N)C(=O)N(C)Cc1n[nH]c(C)n1. The first kappa shape index (κ1) is 13.6. The van der Waals surface area contributed by atoms with Crippen LogP contribution in [0.5, 0.6) is 0 Å². The average Bonchev–Trinajstić information content (AvgIpc) is 2.62. The quantitative estimate of drug-likeness (QED) is 0.787. The topological polar surface area (TPSA) is 87.9 Å². The molecule has 0 saturated carbocycles. The van der Waals surface area contributed by atoms with E-state index in [9.17, 15) is 4.79 Å². The number of hydrogen-bond donors (Lipinski definition) is 2. The van der Waals surface area contributed by atoms with Crippen molar-refractivity contribution in [2.24, 2.45) is 5.73 Å². The molecule has 0 fully saturated rings. The maximum Gasteiger partial charge on any atom is 0.242 e. The minimum atomic E-state index is -0.811. The van der Waals surface area contributed by atoms with Gasteiger partial charge in [-0.1, -0.05) is 13.3 Å². The Morgan fingerprint density at radius 1 is 1.59 bits per heavy atom. The maximum atomic E-state index is 12.1. The molecule has 1 atom stereocenters. The summed E-state index contributed by atoms with van der Waals surface area (Å²) in [5.74, 6) is 1.26. The van der Waals surface area contributed by atoms with Crippen LogP contribution in [0, 0.1) is 6.92 Å². The normalized spacial score (nSPS) is 14.4. The highest BCUT2D eigenvalue weighted by atomic mass is 16.2. The molecule has 1 aromatic heterocycles. The number of carbonyl (C=O) groups excluding carboxylic acids is 1. The summed E-state index contributed by atoms with van der Waals surface area (Å²) < 4.78 is 0. The second-order valence-corrected chi connectivity index (χ2v) is 4.67. The fraction of sp³-hybridized carbons (Fsp3) is 0.727. The summed E-state index contributed by atoms with van der Waals surface area (Å²) in [5.41, 5.74) is 5.18. The highest BCUT2D eigenvalue weighted by molar-refractivity contribution is 5.85. The van der Waals surface area contributed by atoms with Gasteiger partial charge in [-0.25, -0.2) is 4.98 Å². The molecule has 0 aliphatic carbocycles. The van der Waals surface area contributed by atoms with Crippen molar-refractivity contribution in [1.29, 1.82) is 0 Å². The number of H-pyrrole nitrogens is 1. The molecule has 0 aromatic carbocycles. The smallest absolute Gasteiger partial charge is 0.242 e. The standard InChI is InChI=1S/C11H21N5O/c1-5-6-11(3,12)10(17)16(4)7-9-13-8(2)14-15-9/h5-7,12H2,1-4H3,(H,13,14,15). The van der Waals surface area contributed by atoms with E-state index in [4.69, 9.17) is 5.73 Å². The van der Waals surface area contributed by atoms with E-state index < -0.39 is 5.54 Å². The highest BCUT2D eigenvalue weighted by Crippen LogP contribution is 2.13. The summed E-state index contributed by atoms with van der Waals surface area (Å²) in [6.45, 7) is 5.97. The molecule has 0 saturated heterocycles. The minimum absolute atomic E-state index is 0.0817. The average molecular weight is 239 g/mol. The van der Waals surface area contributed by atoms with E-state index in [0.29, 0.717) is 18.8 Å². The van der Waals surface area contributed by atoms with Gasteiger partial charge in [0.1, 0.15) is 5.82 Å². The van der Waals surface area contributed by atoms with Crippen molar-refractivity contribution in [2.45, 2.75) is 45.7 Å². The van der Waals surface area contributed by atoms with Gasteiger partial charge in [-0.15, -0.1) is 0 Å². The number of aryl methyl sites for hydroxylation is 1.